The minimum absolute atomic E-state index is 0.0680. The van der Waals surface area contributed by atoms with Crippen LogP contribution in [0.3, 0.4) is 0 Å². The Bertz CT molecular complexity index is 511. The number of likely N-dealkylation sites (tertiary alicyclic amines) is 1. The van der Waals surface area contributed by atoms with Crippen molar-refractivity contribution >= 4 is 5.78 Å². The number of ketones is 1. The van der Waals surface area contributed by atoms with E-state index in [1.165, 1.54) is 6.07 Å². The molecule has 0 spiro atoms. The molecule has 2 rings (SSSR count). The first-order chi connectivity index (χ1) is 9.90. The summed E-state index contributed by atoms with van der Waals surface area (Å²) in [6, 6.07) is 2.59. The lowest BCUT2D eigenvalue weighted by Crippen LogP contribution is -2.45. The molecule has 116 valence electrons. The van der Waals surface area contributed by atoms with Crippen LogP contribution in [0, 0.1) is 17.6 Å². The lowest BCUT2D eigenvalue weighted by molar-refractivity contribution is 0.0525. The number of hydrogen-bond acceptors (Lipinski definition) is 3. The van der Waals surface area contributed by atoms with E-state index in [0.29, 0.717) is 13.1 Å². The smallest absolute Gasteiger partial charge is 0.182 e. The number of aliphatic hydroxyl groups excluding tert-OH is 1. The van der Waals surface area contributed by atoms with Gasteiger partial charge in [-0.05, 0) is 57.8 Å². The predicted octanol–water partition coefficient (Wildman–Crippen LogP) is 2.63. The molecule has 5 heteroatoms. The van der Waals surface area contributed by atoms with Crippen molar-refractivity contribution in [3.8, 4) is 0 Å². The maximum absolute atomic E-state index is 13.7. The van der Waals surface area contributed by atoms with E-state index in [0.717, 1.165) is 25.0 Å². The number of benzene rings is 1. The Hall–Kier alpha value is -1.33. The first-order valence-corrected chi connectivity index (χ1v) is 7.31. The Kier molecular flexibility index (Phi) is 5.06. The number of rotatable bonds is 4. The van der Waals surface area contributed by atoms with E-state index in [1.54, 1.807) is 13.8 Å². The maximum Gasteiger partial charge on any atom is 0.182 e. The van der Waals surface area contributed by atoms with E-state index in [-0.39, 0.29) is 23.4 Å². The Balaban J connectivity index is 2.03. The van der Waals surface area contributed by atoms with Crippen molar-refractivity contribution in [2.45, 2.75) is 38.8 Å². The van der Waals surface area contributed by atoms with Gasteiger partial charge in [-0.2, -0.15) is 0 Å². The minimum atomic E-state index is -0.814. The molecule has 1 heterocycles. The molecule has 3 nitrogen and oxygen atoms in total. The van der Waals surface area contributed by atoms with Gasteiger partial charge in [0.1, 0.15) is 11.6 Å². The first-order valence-electron chi connectivity index (χ1n) is 7.31. The fraction of sp³-hybridized carbons (Fsp3) is 0.562. The Morgan fingerprint density at radius 1 is 1.29 bits per heavy atom. The molecule has 1 aliphatic heterocycles. The van der Waals surface area contributed by atoms with E-state index in [2.05, 4.69) is 0 Å². The van der Waals surface area contributed by atoms with E-state index in [1.807, 2.05) is 4.90 Å². The van der Waals surface area contributed by atoms with Crippen LogP contribution in [0.25, 0.3) is 0 Å². The van der Waals surface area contributed by atoms with Crippen molar-refractivity contribution in [3.63, 3.8) is 0 Å². The van der Waals surface area contributed by atoms with E-state index < -0.39 is 17.7 Å². The van der Waals surface area contributed by atoms with Gasteiger partial charge in [0, 0.05) is 6.07 Å². The molecule has 0 aliphatic carbocycles. The quantitative estimate of drug-likeness (QED) is 0.869. The molecule has 1 aliphatic rings. The van der Waals surface area contributed by atoms with Crippen LogP contribution in [0.2, 0.25) is 0 Å². The van der Waals surface area contributed by atoms with Gasteiger partial charge < -0.3 is 5.11 Å². The normalized spacial score (nSPS) is 20.2. The maximum atomic E-state index is 13.7. The summed E-state index contributed by atoms with van der Waals surface area (Å²) < 4.78 is 26.6. The fourth-order valence-electron chi connectivity index (χ4n) is 2.87. The Morgan fingerprint density at radius 2 is 1.90 bits per heavy atom. The highest BCUT2D eigenvalue weighted by molar-refractivity contribution is 6.00. The number of hydrogen-bond donors (Lipinski definition) is 1. The number of halogens is 2. The van der Waals surface area contributed by atoms with Crippen molar-refractivity contribution in [2.24, 2.45) is 5.92 Å². The van der Waals surface area contributed by atoms with E-state index in [9.17, 15) is 18.7 Å². The lowest BCUT2D eigenvalue weighted by Gasteiger charge is -2.36. The molecule has 1 N–H and O–H groups in total. The van der Waals surface area contributed by atoms with Crippen LogP contribution in [-0.4, -0.2) is 41.0 Å². The van der Waals surface area contributed by atoms with Gasteiger partial charge in [-0.25, -0.2) is 8.78 Å². The van der Waals surface area contributed by atoms with Crippen LogP contribution in [0.1, 0.15) is 37.0 Å². The molecule has 2 unspecified atom stereocenters. The summed E-state index contributed by atoms with van der Waals surface area (Å²) in [6.07, 6.45) is 1.30. The van der Waals surface area contributed by atoms with Crippen molar-refractivity contribution < 1.29 is 18.7 Å². The van der Waals surface area contributed by atoms with Crippen LogP contribution in [0.4, 0.5) is 8.78 Å². The Morgan fingerprint density at radius 3 is 2.43 bits per heavy atom. The molecule has 1 aromatic rings. The highest BCUT2D eigenvalue weighted by atomic mass is 19.1. The third-order valence-electron chi connectivity index (χ3n) is 4.38. The zero-order chi connectivity index (χ0) is 15.6. The summed E-state index contributed by atoms with van der Waals surface area (Å²) in [5, 5.41) is 9.58. The van der Waals surface area contributed by atoms with Gasteiger partial charge in [-0.3, -0.25) is 9.69 Å². The van der Waals surface area contributed by atoms with E-state index >= 15 is 0 Å². The molecule has 0 amide bonds. The largest absolute Gasteiger partial charge is 0.393 e. The monoisotopic (exact) mass is 297 g/mol. The molecular weight excluding hydrogens is 276 g/mol. The second-order valence-corrected chi connectivity index (χ2v) is 5.78. The fourth-order valence-corrected chi connectivity index (χ4v) is 2.87. The standard InChI is InChI=1S/C16H21F2NO2/c1-10(19-7-5-12(6-8-19)11(2)20)16(21)14-4-3-13(17)9-15(14)18/h3-4,9-12,20H,5-8H2,1-2H3. The number of carbonyl (C=O) groups excluding carboxylic acids is 1. The highest BCUT2D eigenvalue weighted by Gasteiger charge is 2.29. The zero-order valence-electron chi connectivity index (χ0n) is 12.4. The topological polar surface area (TPSA) is 40.5 Å². The third kappa shape index (κ3) is 3.66. The second-order valence-electron chi connectivity index (χ2n) is 5.78. The van der Waals surface area contributed by atoms with Crippen molar-refractivity contribution in [1.29, 1.82) is 0 Å². The van der Waals surface area contributed by atoms with Gasteiger partial charge in [0.25, 0.3) is 0 Å². The average Bonchev–Trinajstić information content (AvgIpc) is 2.46. The van der Waals surface area contributed by atoms with Crippen LogP contribution in [0.5, 0.6) is 0 Å². The van der Waals surface area contributed by atoms with Crippen LogP contribution >= 0.6 is 0 Å². The molecule has 21 heavy (non-hydrogen) atoms. The molecule has 0 bridgehead atoms. The highest BCUT2D eigenvalue weighted by Crippen LogP contribution is 2.23. The predicted molar refractivity (Wildman–Crippen MR) is 76.1 cm³/mol. The van der Waals surface area contributed by atoms with Crippen molar-refractivity contribution in [1.82, 2.24) is 4.90 Å². The zero-order valence-corrected chi connectivity index (χ0v) is 12.4. The number of carbonyl (C=O) groups is 1. The average molecular weight is 297 g/mol. The molecule has 0 radical (unpaired) electrons. The molecule has 0 saturated carbocycles. The van der Waals surface area contributed by atoms with Gasteiger partial charge in [0.15, 0.2) is 5.78 Å². The van der Waals surface area contributed by atoms with Crippen LogP contribution in [-0.2, 0) is 0 Å². The van der Waals surface area contributed by atoms with E-state index in [4.69, 9.17) is 0 Å². The van der Waals surface area contributed by atoms with Crippen molar-refractivity contribution in [2.75, 3.05) is 13.1 Å². The third-order valence-corrected chi connectivity index (χ3v) is 4.38. The number of aliphatic hydroxyl groups is 1. The summed E-state index contributed by atoms with van der Waals surface area (Å²) in [4.78, 5) is 14.3. The van der Waals surface area contributed by atoms with Gasteiger partial charge in [0.2, 0.25) is 0 Å². The molecule has 2 atom stereocenters. The molecule has 1 saturated heterocycles. The minimum Gasteiger partial charge on any atom is -0.393 e. The lowest BCUT2D eigenvalue weighted by atomic mass is 9.90. The molecule has 1 aromatic carbocycles. The van der Waals surface area contributed by atoms with Gasteiger partial charge in [0.05, 0.1) is 17.7 Å². The Labute approximate surface area is 123 Å². The molecular formula is C16H21F2NO2. The molecule has 0 aromatic heterocycles. The van der Waals surface area contributed by atoms with Crippen LogP contribution < -0.4 is 0 Å². The first kappa shape index (κ1) is 16.0. The van der Waals surface area contributed by atoms with Crippen molar-refractivity contribution in [3.05, 3.63) is 35.4 Å². The SMILES string of the molecule is CC(O)C1CCN(C(C)C(=O)c2ccc(F)cc2F)CC1. The van der Waals surface area contributed by atoms with Crippen LogP contribution in [0.15, 0.2) is 18.2 Å². The second kappa shape index (κ2) is 6.62. The summed E-state index contributed by atoms with van der Waals surface area (Å²) in [7, 11) is 0. The number of nitrogens with zero attached hydrogens (tertiary/aromatic N) is 1. The van der Waals surface area contributed by atoms with Gasteiger partial charge >= 0.3 is 0 Å². The summed E-state index contributed by atoms with van der Waals surface area (Å²) >= 11 is 0. The summed E-state index contributed by atoms with van der Waals surface area (Å²) in [5.41, 5.74) is -0.0680. The van der Waals surface area contributed by atoms with Gasteiger partial charge in [-0.15, -0.1) is 0 Å². The number of piperidine rings is 1. The summed E-state index contributed by atoms with van der Waals surface area (Å²) in [5.74, 6) is -1.57. The molecule has 1 fully saturated rings. The van der Waals surface area contributed by atoms with Gasteiger partial charge in [-0.1, -0.05) is 0 Å². The summed E-state index contributed by atoms with van der Waals surface area (Å²) in [6.45, 7) is 4.92. The number of Topliss-reactive ketones (excluding diaryl/α,β-unsaturated/α-hetero) is 1.